The first kappa shape index (κ1) is 22.1. The molecule has 4 N–H and O–H groups in total. The first-order valence-corrected chi connectivity index (χ1v) is 9.79. The molecule has 2 aromatic carbocycles. The Morgan fingerprint density at radius 1 is 0.786 bits per heavy atom. The van der Waals surface area contributed by atoms with E-state index in [9.17, 15) is 24.1 Å². The Hall–Kier alpha value is -2.18. The maximum Gasteiger partial charge on any atom is 0.123 e. The van der Waals surface area contributed by atoms with E-state index in [2.05, 4.69) is 5.32 Å². The Kier molecular flexibility index (Phi) is 9.17. The highest BCUT2D eigenvalue weighted by molar-refractivity contribution is 5.33. The van der Waals surface area contributed by atoms with Gasteiger partial charge in [-0.25, -0.2) is 8.78 Å². The quantitative estimate of drug-likeness (QED) is 0.410. The second-order valence-corrected chi connectivity index (χ2v) is 7.11. The molecule has 28 heavy (non-hydrogen) atoms. The standard InChI is InChI=1S/C22H29F2NO3/c23-18-8-10-21(27)16(13-18)5-2-1-3-12-25-15-20(26)7-4-6-17-14-19(24)9-11-22(17)28/h8-11,13-14,20,25-28H,1-7,12,15H2. The molecule has 0 bridgehead atoms. The minimum atomic E-state index is -0.486. The topological polar surface area (TPSA) is 72.7 Å². The van der Waals surface area contributed by atoms with Crippen LogP contribution in [-0.4, -0.2) is 34.5 Å². The lowest BCUT2D eigenvalue weighted by atomic mass is 10.0. The fraction of sp³-hybridized carbons (Fsp3) is 0.455. The minimum absolute atomic E-state index is 0.0839. The predicted molar refractivity (Wildman–Crippen MR) is 105 cm³/mol. The van der Waals surface area contributed by atoms with Crippen LogP contribution in [0.1, 0.15) is 43.2 Å². The van der Waals surface area contributed by atoms with Crippen LogP contribution < -0.4 is 5.32 Å². The number of nitrogens with one attached hydrogen (secondary N) is 1. The average molecular weight is 393 g/mol. The van der Waals surface area contributed by atoms with Crippen LogP contribution >= 0.6 is 0 Å². The Morgan fingerprint density at radius 3 is 1.96 bits per heavy atom. The molecule has 0 radical (unpaired) electrons. The van der Waals surface area contributed by atoms with Gasteiger partial charge in [-0.2, -0.15) is 0 Å². The molecular weight excluding hydrogens is 364 g/mol. The summed E-state index contributed by atoms with van der Waals surface area (Å²) in [4.78, 5) is 0. The number of unbranched alkanes of at least 4 members (excludes halogenated alkanes) is 2. The zero-order valence-corrected chi connectivity index (χ0v) is 16.0. The van der Waals surface area contributed by atoms with Gasteiger partial charge in [0, 0.05) is 6.54 Å². The average Bonchev–Trinajstić information content (AvgIpc) is 2.66. The largest absolute Gasteiger partial charge is 0.508 e. The van der Waals surface area contributed by atoms with Crippen molar-refractivity contribution in [2.45, 2.75) is 51.0 Å². The molecule has 0 fully saturated rings. The van der Waals surface area contributed by atoms with Gasteiger partial charge in [0.25, 0.3) is 0 Å². The number of benzene rings is 2. The number of rotatable bonds is 12. The normalized spacial score (nSPS) is 12.2. The molecule has 1 unspecified atom stereocenters. The number of phenols is 2. The Morgan fingerprint density at radius 2 is 1.36 bits per heavy atom. The first-order valence-electron chi connectivity index (χ1n) is 9.79. The summed E-state index contributed by atoms with van der Waals surface area (Å²) < 4.78 is 26.3. The van der Waals surface area contributed by atoms with E-state index >= 15 is 0 Å². The van der Waals surface area contributed by atoms with Gasteiger partial charge in [-0.1, -0.05) is 6.42 Å². The summed E-state index contributed by atoms with van der Waals surface area (Å²) in [6.07, 6.45) is 4.64. The lowest BCUT2D eigenvalue weighted by Gasteiger charge is -2.12. The number of hydrogen-bond acceptors (Lipinski definition) is 4. The number of hydrogen-bond donors (Lipinski definition) is 4. The maximum atomic E-state index is 13.2. The van der Waals surface area contributed by atoms with Gasteiger partial charge in [0.2, 0.25) is 0 Å². The van der Waals surface area contributed by atoms with Crippen LogP contribution in [0, 0.1) is 11.6 Å². The van der Waals surface area contributed by atoms with E-state index in [1.54, 1.807) is 0 Å². The SMILES string of the molecule is Oc1ccc(F)cc1CCCCCNCC(O)CCCc1cc(F)ccc1O. The Balaban J connectivity index is 1.51. The highest BCUT2D eigenvalue weighted by atomic mass is 19.1. The van der Waals surface area contributed by atoms with Crippen molar-refractivity contribution in [2.75, 3.05) is 13.1 Å². The molecular formula is C22H29F2NO3. The molecule has 0 aliphatic carbocycles. The lowest BCUT2D eigenvalue weighted by Crippen LogP contribution is -2.27. The van der Waals surface area contributed by atoms with E-state index in [1.165, 1.54) is 36.4 Å². The van der Waals surface area contributed by atoms with E-state index in [1.807, 2.05) is 0 Å². The fourth-order valence-electron chi connectivity index (χ4n) is 3.15. The van der Waals surface area contributed by atoms with Crippen LogP contribution in [0.2, 0.25) is 0 Å². The van der Waals surface area contributed by atoms with E-state index in [-0.39, 0.29) is 23.1 Å². The summed E-state index contributed by atoms with van der Waals surface area (Å²) in [6.45, 7) is 1.26. The number of halogens is 2. The highest BCUT2D eigenvalue weighted by Crippen LogP contribution is 2.21. The van der Waals surface area contributed by atoms with Gasteiger partial charge in [0.15, 0.2) is 0 Å². The van der Waals surface area contributed by atoms with Gasteiger partial charge in [0.1, 0.15) is 23.1 Å². The summed E-state index contributed by atoms with van der Waals surface area (Å²) in [5.74, 6) is -0.492. The van der Waals surface area contributed by atoms with Crippen molar-refractivity contribution < 1.29 is 24.1 Å². The Bertz CT molecular complexity index is 740. The molecule has 2 aromatic rings. The van der Waals surface area contributed by atoms with Crippen molar-refractivity contribution in [2.24, 2.45) is 0 Å². The van der Waals surface area contributed by atoms with Crippen LogP contribution in [0.3, 0.4) is 0 Å². The molecule has 0 aliphatic heterocycles. The van der Waals surface area contributed by atoms with Crippen molar-refractivity contribution in [3.8, 4) is 11.5 Å². The van der Waals surface area contributed by atoms with Crippen LogP contribution in [0.25, 0.3) is 0 Å². The van der Waals surface area contributed by atoms with E-state index < -0.39 is 6.10 Å². The van der Waals surface area contributed by atoms with Crippen molar-refractivity contribution in [3.63, 3.8) is 0 Å². The third-order valence-electron chi connectivity index (χ3n) is 4.75. The van der Waals surface area contributed by atoms with Gasteiger partial charge in [-0.05, 0) is 92.6 Å². The van der Waals surface area contributed by atoms with Gasteiger partial charge in [-0.15, -0.1) is 0 Å². The summed E-state index contributed by atoms with van der Waals surface area (Å²) in [6, 6.07) is 7.88. The lowest BCUT2D eigenvalue weighted by molar-refractivity contribution is 0.159. The van der Waals surface area contributed by atoms with Crippen molar-refractivity contribution >= 4 is 0 Å². The molecule has 0 aromatic heterocycles. The summed E-state index contributed by atoms with van der Waals surface area (Å²) in [7, 11) is 0. The van der Waals surface area contributed by atoms with E-state index in [4.69, 9.17) is 0 Å². The van der Waals surface area contributed by atoms with Crippen LogP contribution in [0.4, 0.5) is 8.78 Å². The number of aliphatic hydroxyl groups excluding tert-OH is 1. The molecule has 2 rings (SSSR count). The number of aryl methyl sites for hydroxylation is 2. The number of aromatic hydroxyl groups is 2. The molecule has 6 heteroatoms. The maximum absolute atomic E-state index is 13.2. The molecule has 0 heterocycles. The molecule has 4 nitrogen and oxygen atoms in total. The zero-order valence-electron chi connectivity index (χ0n) is 16.0. The second-order valence-electron chi connectivity index (χ2n) is 7.11. The van der Waals surface area contributed by atoms with Crippen LogP contribution in [-0.2, 0) is 12.8 Å². The predicted octanol–water partition coefficient (Wildman–Crippen LogP) is 4.06. The summed E-state index contributed by atoms with van der Waals surface area (Å²) in [5, 5.41) is 32.5. The van der Waals surface area contributed by atoms with Gasteiger partial charge in [0.05, 0.1) is 6.10 Å². The monoisotopic (exact) mass is 393 g/mol. The van der Waals surface area contributed by atoms with E-state index in [0.717, 1.165) is 25.8 Å². The fourth-order valence-corrected chi connectivity index (χ4v) is 3.15. The number of phenolic OH excluding ortho intramolecular Hbond substituents is 2. The van der Waals surface area contributed by atoms with Crippen LogP contribution in [0.15, 0.2) is 36.4 Å². The molecule has 0 amide bonds. The summed E-state index contributed by atoms with van der Waals surface area (Å²) in [5.41, 5.74) is 1.19. The molecule has 154 valence electrons. The second kappa shape index (κ2) is 11.6. The first-order chi connectivity index (χ1) is 13.5. The summed E-state index contributed by atoms with van der Waals surface area (Å²) >= 11 is 0. The molecule has 0 saturated carbocycles. The van der Waals surface area contributed by atoms with Gasteiger partial charge < -0.3 is 20.6 Å². The third-order valence-corrected chi connectivity index (χ3v) is 4.75. The highest BCUT2D eigenvalue weighted by Gasteiger charge is 2.07. The van der Waals surface area contributed by atoms with Crippen molar-refractivity contribution in [1.29, 1.82) is 0 Å². The van der Waals surface area contributed by atoms with E-state index in [0.29, 0.717) is 43.4 Å². The smallest absolute Gasteiger partial charge is 0.123 e. The molecule has 0 aliphatic rings. The Labute approximate surface area is 164 Å². The molecule has 0 spiro atoms. The van der Waals surface area contributed by atoms with Crippen LogP contribution in [0.5, 0.6) is 11.5 Å². The zero-order chi connectivity index (χ0) is 20.4. The van der Waals surface area contributed by atoms with Crippen molar-refractivity contribution in [1.82, 2.24) is 5.32 Å². The molecule has 0 saturated heterocycles. The third kappa shape index (κ3) is 7.82. The van der Waals surface area contributed by atoms with Gasteiger partial charge >= 0.3 is 0 Å². The molecule has 1 atom stereocenters. The minimum Gasteiger partial charge on any atom is -0.508 e. The van der Waals surface area contributed by atoms with Crippen molar-refractivity contribution in [3.05, 3.63) is 59.2 Å². The number of aliphatic hydroxyl groups is 1. The van der Waals surface area contributed by atoms with Gasteiger partial charge in [-0.3, -0.25) is 0 Å².